The van der Waals surface area contributed by atoms with Crippen LogP contribution in [0.5, 0.6) is 0 Å². The lowest BCUT2D eigenvalue weighted by molar-refractivity contribution is -0.133. The molecule has 0 radical (unpaired) electrons. The van der Waals surface area contributed by atoms with Crippen LogP contribution >= 0.6 is 11.8 Å². The van der Waals surface area contributed by atoms with Crippen molar-refractivity contribution in [1.82, 2.24) is 0 Å². The number of aliphatic carboxylic acids is 1. The van der Waals surface area contributed by atoms with Gasteiger partial charge in [-0.05, 0) is 12.8 Å². The lowest BCUT2D eigenvalue weighted by Crippen LogP contribution is -2.06. The maximum absolute atomic E-state index is 10.3. The van der Waals surface area contributed by atoms with Crippen LogP contribution in [0, 0.1) is 0 Å². The van der Waals surface area contributed by atoms with Crippen molar-refractivity contribution in [2.75, 3.05) is 5.75 Å². The van der Waals surface area contributed by atoms with Crippen molar-refractivity contribution in [2.24, 2.45) is 0 Å². The van der Waals surface area contributed by atoms with Crippen LogP contribution in [0.2, 0.25) is 0 Å². The molecule has 2 nitrogen and oxygen atoms in total. The first kappa shape index (κ1) is 9.90. The monoisotopic (exact) mass is 188 g/mol. The summed E-state index contributed by atoms with van der Waals surface area (Å²) < 4.78 is 0. The fraction of sp³-hybridized carbons (Fsp3) is 0.889. The average Bonchev–Trinajstić information content (AvgIpc) is 2.28. The summed E-state index contributed by atoms with van der Waals surface area (Å²) in [6.45, 7) is 0. The van der Waals surface area contributed by atoms with Crippen LogP contribution in [0.4, 0.5) is 0 Å². The summed E-state index contributed by atoms with van der Waals surface area (Å²) in [6, 6.07) is 0. The molecule has 0 bridgehead atoms. The number of thioether (sulfide) groups is 1. The maximum Gasteiger partial charge on any atom is 0.313 e. The molecule has 0 aromatic rings. The van der Waals surface area contributed by atoms with Gasteiger partial charge in [0.25, 0.3) is 0 Å². The van der Waals surface area contributed by atoms with Crippen molar-refractivity contribution in [3.63, 3.8) is 0 Å². The molecule has 0 heterocycles. The molecule has 1 rings (SSSR count). The second kappa shape index (κ2) is 5.46. The zero-order chi connectivity index (χ0) is 8.81. The van der Waals surface area contributed by atoms with Gasteiger partial charge < -0.3 is 5.11 Å². The zero-order valence-corrected chi connectivity index (χ0v) is 8.11. The third-order valence-electron chi connectivity index (χ3n) is 2.24. The number of hydrogen-bond acceptors (Lipinski definition) is 2. The largest absolute Gasteiger partial charge is 0.481 e. The minimum absolute atomic E-state index is 0.282. The normalized spacial score (nSPS) is 20.3. The minimum atomic E-state index is -0.677. The predicted molar refractivity (Wildman–Crippen MR) is 51.6 cm³/mol. The van der Waals surface area contributed by atoms with Crippen LogP contribution in [0.25, 0.3) is 0 Å². The highest BCUT2D eigenvalue weighted by Gasteiger charge is 2.13. The van der Waals surface area contributed by atoms with Gasteiger partial charge in [-0.15, -0.1) is 11.8 Å². The molecular formula is C9H16O2S. The van der Waals surface area contributed by atoms with Crippen LogP contribution < -0.4 is 0 Å². The Balaban J connectivity index is 2.16. The molecule has 70 valence electrons. The highest BCUT2D eigenvalue weighted by molar-refractivity contribution is 8.00. The Morgan fingerprint density at radius 3 is 2.33 bits per heavy atom. The smallest absolute Gasteiger partial charge is 0.313 e. The molecule has 0 atom stereocenters. The van der Waals surface area contributed by atoms with E-state index in [4.69, 9.17) is 5.11 Å². The number of carboxylic acid groups (broad SMARTS) is 1. The molecule has 0 unspecified atom stereocenters. The van der Waals surface area contributed by atoms with Crippen molar-refractivity contribution < 1.29 is 9.90 Å². The number of carbonyl (C=O) groups is 1. The van der Waals surface area contributed by atoms with E-state index in [1.807, 2.05) is 0 Å². The van der Waals surface area contributed by atoms with Crippen molar-refractivity contribution in [1.29, 1.82) is 0 Å². The van der Waals surface area contributed by atoms with Crippen LogP contribution in [0.1, 0.15) is 38.5 Å². The molecule has 3 heteroatoms. The van der Waals surface area contributed by atoms with E-state index in [0.717, 1.165) is 0 Å². The number of hydrogen-bond donors (Lipinski definition) is 1. The second-order valence-electron chi connectivity index (χ2n) is 3.32. The molecule has 1 aliphatic rings. The first-order chi connectivity index (χ1) is 5.79. The molecule has 0 spiro atoms. The Morgan fingerprint density at radius 1 is 1.25 bits per heavy atom. The zero-order valence-electron chi connectivity index (χ0n) is 7.29. The maximum atomic E-state index is 10.3. The van der Waals surface area contributed by atoms with Gasteiger partial charge >= 0.3 is 5.97 Å². The summed E-state index contributed by atoms with van der Waals surface area (Å²) in [7, 11) is 0. The summed E-state index contributed by atoms with van der Waals surface area (Å²) in [6.07, 6.45) is 7.69. The summed E-state index contributed by atoms with van der Waals surface area (Å²) in [5.74, 6) is -0.394. The lowest BCUT2D eigenvalue weighted by atomic mass is 10.2. The van der Waals surface area contributed by atoms with E-state index >= 15 is 0 Å². The molecular weight excluding hydrogens is 172 g/mol. The molecule has 0 aliphatic heterocycles. The Kier molecular flexibility index (Phi) is 4.51. The molecule has 0 aromatic heterocycles. The molecule has 0 saturated heterocycles. The van der Waals surface area contributed by atoms with Gasteiger partial charge in [0.15, 0.2) is 0 Å². The Morgan fingerprint density at radius 2 is 1.83 bits per heavy atom. The van der Waals surface area contributed by atoms with Gasteiger partial charge in [0, 0.05) is 5.25 Å². The summed E-state index contributed by atoms with van der Waals surface area (Å²) in [4.78, 5) is 10.3. The van der Waals surface area contributed by atoms with Gasteiger partial charge in [0.05, 0.1) is 5.75 Å². The van der Waals surface area contributed by atoms with Gasteiger partial charge in [-0.2, -0.15) is 0 Å². The van der Waals surface area contributed by atoms with E-state index in [0.29, 0.717) is 5.25 Å². The van der Waals surface area contributed by atoms with E-state index in [-0.39, 0.29) is 5.75 Å². The Bertz CT molecular complexity index is 139. The standard InChI is InChI=1S/C9H16O2S/c10-9(11)7-12-8-5-3-1-2-4-6-8/h8H,1-7H2,(H,10,11). The third kappa shape index (κ3) is 4.00. The lowest BCUT2D eigenvalue weighted by Gasteiger charge is -2.10. The highest BCUT2D eigenvalue weighted by atomic mass is 32.2. The second-order valence-corrected chi connectivity index (χ2v) is 4.61. The molecule has 1 fully saturated rings. The topological polar surface area (TPSA) is 37.3 Å². The van der Waals surface area contributed by atoms with E-state index in [1.54, 1.807) is 11.8 Å². The van der Waals surface area contributed by atoms with Crippen molar-refractivity contribution >= 4 is 17.7 Å². The molecule has 1 N–H and O–H groups in total. The fourth-order valence-corrected chi connectivity index (χ4v) is 2.64. The minimum Gasteiger partial charge on any atom is -0.481 e. The SMILES string of the molecule is O=C(O)CSC1CCCCCC1. The van der Waals surface area contributed by atoms with Crippen molar-refractivity contribution in [3.8, 4) is 0 Å². The quantitative estimate of drug-likeness (QED) is 0.691. The predicted octanol–water partition coefficient (Wildman–Crippen LogP) is 2.53. The van der Waals surface area contributed by atoms with Gasteiger partial charge in [-0.3, -0.25) is 4.79 Å². The van der Waals surface area contributed by atoms with E-state index in [2.05, 4.69) is 0 Å². The van der Waals surface area contributed by atoms with Gasteiger partial charge in [0.1, 0.15) is 0 Å². The highest BCUT2D eigenvalue weighted by Crippen LogP contribution is 2.26. The van der Waals surface area contributed by atoms with Crippen molar-refractivity contribution in [3.05, 3.63) is 0 Å². The Hall–Kier alpha value is -0.180. The molecule has 0 amide bonds. The van der Waals surface area contributed by atoms with Gasteiger partial charge in [-0.25, -0.2) is 0 Å². The van der Waals surface area contributed by atoms with E-state index in [1.165, 1.54) is 38.5 Å². The average molecular weight is 188 g/mol. The van der Waals surface area contributed by atoms with Crippen molar-refractivity contribution in [2.45, 2.75) is 43.8 Å². The number of rotatable bonds is 3. The molecule has 1 aliphatic carbocycles. The first-order valence-electron chi connectivity index (χ1n) is 4.62. The van der Waals surface area contributed by atoms with Gasteiger partial charge in [0.2, 0.25) is 0 Å². The molecule has 12 heavy (non-hydrogen) atoms. The molecule has 1 saturated carbocycles. The van der Waals surface area contributed by atoms with Crippen LogP contribution in [0.15, 0.2) is 0 Å². The van der Waals surface area contributed by atoms with Crippen LogP contribution in [-0.4, -0.2) is 22.1 Å². The number of carboxylic acids is 1. The molecule has 0 aromatic carbocycles. The van der Waals surface area contributed by atoms with Crippen LogP contribution in [-0.2, 0) is 4.79 Å². The first-order valence-corrected chi connectivity index (χ1v) is 5.67. The summed E-state index contributed by atoms with van der Waals surface area (Å²) in [5.41, 5.74) is 0. The van der Waals surface area contributed by atoms with E-state index < -0.39 is 5.97 Å². The summed E-state index contributed by atoms with van der Waals surface area (Å²) in [5, 5.41) is 9.11. The van der Waals surface area contributed by atoms with Gasteiger partial charge in [-0.1, -0.05) is 25.7 Å². The van der Waals surface area contributed by atoms with Crippen LogP contribution in [0.3, 0.4) is 0 Å². The third-order valence-corrected chi connectivity index (χ3v) is 3.60. The fourth-order valence-electron chi connectivity index (χ4n) is 1.60. The Labute approximate surface area is 77.7 Å². The van der Waals surface area contributed by atoms with E-state index in [9.17, 15) is 4.79 Å². The summed E-state index contributed by atoms with van der Waals surface area (Å²) >= 11 is 1.62.